The highest BCUT2D eigenvalue weighted by Crippen LogP contribution is 2.21. The van der Waals surface area contributed by atoms with Gasteiger partial charge in [0.1, 0.15) is 6.54 Å². The van der Waals surface area contributed by atoms with Crippen molar-refractivity contribution >= 4 is 23.6 Å². The fourth-order valence-electron chi connectivity index (χ4n) is 2.65. The number of nitrogens with one attached hydrogen (secondary N) is 2. The number of carbonyl (C=O) groups is 4. The van der Waals surface area contributed by atoms with Gasteiger partial charge in [-0.05, 0) is 45.4 Å². The second-order valence-corrected chi connectivity index (χ2v) is 6.00. The van der Waals surface area contributed by atoms with Gasteiger partial charge >= 0.3 is 11.9 Å². The molecule has 0 aliphatic rings. The molecule has 2 rings (SSSR count). The van der Waals surface area contributed by atoms with Crippen LogP contribution in [0.5, 0.6) is 0 Å². The maximum absolute atomic E-state index is 12.6. The zero-order valence-electron chi connectivity index (χ0n) is 16.1. The van der Waals surface area contributed by atoms with Crippen LogP contribution in [0.15, 0.2) is 22.8 Å². The largest absolute Gasteiger partial charge is 0.462 e. The zero-order valence-corrected chi connectivity index (χ0v) is 16.1. The maximum Gasteiger partial charge on any atom is 0.340 e. The monoisotopic (exact) mass is 390 g/mol. The maximum atomic E-state index is 12.6. The van der Waals surface area contributed by atoms with Gasteiger partial charge in [0.2, 0.25) is 5.78 Å². The number of hydrogen-bond acceptors (Lipinski definition) is 7. The van der Waals surface area contributed by atoms with Crippen LogP contribution in [0.25, 0.3) is 0 Å². The first-order chi connectivity index (χ1) is 13.3. The van der Waals surface area contributed by atoms with Gasteiger partial charge in [-0.1, -0.05) is 0 Å². The van der Waals surface area contributed by atoms with Gasteiger partial charge in [-0.2, -0.15) is 0 Å². The first kappa shape index (κ1) is 20.9. The molecule has 28 heavy (non-hydrogen) atoms. The summed E-state index contributed by atoms with van der Waals surface area (Å²) in [7, 11) is 0. The van der Waals surface area contributed by atoms with E-state index in [-0.39, 0.29) is 23.6 Å². The van der Waals surface area contributed by atoms with Crippen molar-refractivity contribution in [3.63, 3.8) is 0 Å². The van der Waals surface area contributed by atoms with Gasteiger partial charge in [0, 0.05) is 5.69 Å². The van der Waals surface area contributed by atoms with E-state index in [9.17, 15) is 19.2 Å². The molecular formula is C19H22N2O7. The molecule has 9 nitrogen and oxygen atoms in total. The number of carbonyl (C=O) groups excluding carboxylic acids is 4. The Balaban J connectivity index is 1.98. The predicted octanol–water partition coefficient (Wildman–Crippen LogP) is 1.95. The molecule has 0 aliphatic carbocycles. The summed E-state index contributed by atoms with van der Waals surface area (Å²) in [4.78, 5) is 51.1. The van der Waals surface area contributed by atoms with E-state index in [1.54, 1.807) is 26.8 Å². The summed E-state index contributed by atoms with van der Waals surface area (Å²) >= 11 is 0. The highest BCUT2D eigenvalue weighted by Gasteiger charge is 2.27. The van der Waals surface area contributed by atoms with Gasteiger partial charge in [0.15, 0.2) is 11.9 Å². The summed E-state index contributed by atoms with van der Waals surface area (Å²) in [6.45, 7) is 6.15. The van der Waals surface area contributed by atoms with Crippen LogP contribution in [0.2, 0.25) is 0 Å². The van der Waals surface area contributed by atoms with Crippen molar-refractivity contribution in [3.05, 3.63) is 46.7 Å². The number of aryl methyl sites for hydroxylation is 1. The van der Waals surface area contributed by atoms with E-state index in [0.717, 1.165) is 0 Å². The SMILES string of the molecule is CCOC(=O)c1c(C)[nH]c(C(=O)[C@H](C)OC(=O)CNC(=O)c2ccco2)c1C. The number of H-pyrrole nitrogens is 1. The van der Waals surface area contributed by atoms with Gasteiger partial charge in [-0.15, -0.1) is 0 Å². The van der Waals surface area contributed by atoms with Crippen molar-refractivity contribution in [2.24, 2.45) is 0 Å². The molecule has 0 unspecified atom stereocenters. The van der Waals surface area contributed by atoms with E-state index in [1.807, 2.05) is 0 Å². The molecule has 0 bridgehead atoms. The fourth-order valence-corrected chi connectivity index (χ4v) is 2.65. The standard InChI is InChI=1S/C19H22N2O7/c1-5-26-19(25)15-10(2)16(21-11(15)3)17(23)12(4)28-14(22)9-20-18(24)13-7-6-8-27-13/h6-8,12,21H,5,9H2,1-4H3,(H,20,24)/t12-/m0/s1. The van der Waals surface area contributed by atoms with Crippen molar-refractivity contribution in [1.82, 2.24) is 10.3 Å². The molecule has 0 fully saturated rings. The third-order valence-electron chi connectivity index (χ3n) is 3.98. The summed E-state index contributed by atoms with van der Waals surface area (Å²) in [6, 6.07) is 2.99. The Bertz CT molecular complexity index is 880. The topological polar surface area (TPSA) is 128 Å². The van der Waals surface area contributed by atoms with Gasteiger partial charge in [0.05, 0.1) is 24.1 Å². The van der Waals surface area contributed by atoms with Crippen LogP contribution in [0.1, 0.15) is 56.5 Å². The summed E-state index contributed by atoms with van der Waals surface area (Å²) < 4.78 is 15.0. The molecule has 0 spiro atoms. The Hall–Kier alpha value is -3.36. The molecule has 2 N–H and O–H groups in total. The number of hydrogen-bond donors (Lipinski definition) is 2. The number of ether oxygens (including phenoxy) is 2. The minimum Gasteiger partial charge on any atom is -0.462 e. The Morgan fingerprint density at radius 2 is 1.96 bits per heavy atom. The lowest BCUT2D eigenvalue weighted by Crippen LogP contribution is -2.34. The lowest BCUT2D eigenvalue weighted by atomic mass is 10.1. The van der Waals surface area contributed by atoms with E-state index >= 15 is 0 Å². The Morgan fingerprint density at radius 1 is 1.25 bits per heavy atom. The van der Waals surface area contributed by atoms with Crippen LogP contribution in [-0.4, -0.2) is 47.9 Å². The molecule has 0 aromatic carbocycles. The van der Waals surface area contributed by atoms with Crippen molar-refractivity contribution in [3.8, 4) is 0 Å². The summed E-state index contributed by atoms with van der Waals surface area (Å²) in [5.41, 5.74) is 1.37. The number of amides is 1. The van der Waals surface area contributed by atoms with Crippen molar-refractivity contribution in [1.29, 1.82) is 0 Å². The van der Waals surface area contributed by atoms with Gasteiger partial charge in [0.25, 0.3) is 5.91 Å². The zero-order chi connectivity index (χ0) is 20.8. The summed E-state index contributed by atoms with van der Waals surface area (Å²) in [5, 5.41) is 2.33. The molecule has 2 heterocycles. The number of aromatic amines is 1. The van der Waals surface area contributed by atoms with Crippen LogP contribution in [0, 0.1) is 13.8 Å². The molecule has 2 aromatic heterocycles. The van der Waals surface area contributed by atoms with Gasteiger partial charge < -0.3 is 24.2 Å². The molecule has 1 atom stereocenters. The average Bonchev–Trinajstić information content (AvgIpc) is 3.27. The van der Waals surface area contributed by atoms with E-state index in [4.69, 9.17) is 13.9 Å². The van der Waals surface area contributed by atoms with E-state index in [2.05, 4.69) is 10.3 Å². The minimum atomic E-state index is -1.11. The lowest BCUT2D eigenvalue weighted by molar-refractivity contribution is -0.145. The molecule has 0 saturated heterocycles. The fraction of sp³-hybridized carbons (Fsp3) is 0.368. The molecule has 0 saturated carbocycles. The van der Waals surface area contributed by atoms with Crippen LogP contribution < -0.4 is 5.32 Å². The van der Waals surface area contributed by atoms with Crippen LogP contribution in [0.4, 0.5) is 0 Å². The normalized spacial score (nSPS) is 11.6. The number of rotatable bonds is 8. The van der Waals surface area contributed by atoms with Gasteiger partial charge in [-0.3, -0.25) is 14.4 Å². The van der Waals surface area contributed by atoms with Crippen LogP contribution in [0.3, 0.4) is 0 Å². The third kappa shape index (κ3) is 4.67. The predicted molar refractivity (Wildman–Crippen MR) is 97.1 cm³/mol. The number of aromatic nitrogens is 1. The van der Waals surface area contributed by atoms with Crippen molar-refractivity contribution in [2.75, 3.05) is 13.2 Å². The first-order valence-corrected chi connectivity index (χ1v) is 8.67. The number of esters is 2. The molecule has 0 radical (unpaired) electrons. The third-order valence-corrected chi connectivity index (χ3v) is 3.98. The number of furan rings is 1. The second-order valence-electron chi connectivity index (χ2n) is 6.00. The van der Waals surface area contributed by atoms with Crippen LogP contribution >= 0.6 is 0 Å². The molecule has 150 valence electrons. The van der Waals surface area contributed by atoms with Crippen molar-refractivity contribution in [2.45, 2.75) is 33.8 Å². The van der Waals surface area contributed by atoms with E-state index in [0.29, 0.717) is 11.3 Å². The number of ketones is 1. The molecular weight excluding hydrogens is 368 g/mol. The van der Waals surface area contributed by atoms with Crippen molar-refractivity contribution < 1.29 is 33.1 Å². The molecule has 2 aromatic rings. The van der Waals surface area contributed by atoms with E-state index in [1.165, 1.54) is 19.3 Å². The summed E-state index contributed by atoms with van der Waals surface area (Å²) in [5.74, 6) is -2.33. The Labute approximate surface area is 161 Å². The quantitative estimate of drug-likeness (QED) is 0.521. The smallest absolute Gasteiger partial charge is 0.340 e. The van der Waals surface area contributed by atoms with Gasteiger partial charge in [-0.25, -0.2) is 4.79 Å². The van der Waals surface area contributed by atoms with E-state index < -0.39 is 36.3 Å². The molecule has 0 aliphatic heterocycles. The highest BCUT2D eigenvalue weighted by molar-refractivity contribution is 6.04. The molecule has 9 heteroatoms. The second kappa shape index (κ2) is 9.03. The Morgan fingerprint density at radius 3 is 2.57 bits per heavy atom. The minimum absolute atomic E-state index is 0.0564. The summed E-state index contributed by atoms with van der Waals surface area (Å²) in [6.07, 6.45) is 0.221. The lowest BCUT2D eigenvalue weighted by Gasteiger charge is -2.12. The first-order valence-electron chi connectivity index (χ1n) is 8.67. The average molecular weight is 390 g/mol. The number of Topliss-reactive ketones (excluding diaryl/α,β-unsaturated/α-hetero) is 1. The highest BCUT2D eigenvalue weighted by atomic mass is 16.5. The Kier molecular flexibility index (Phi) is 6.75. The molecule has 1 amide bonds. The van der Waals surface area contributed by atoms with Crippen LogP contribution in [-0.2, 0) is 14.3 Å².